The van der Waals surface area contributed by atoms with Crippen LogP contribution < -0.4 is 0 Å². The van der Waals surface area contributed by atoms with Crippen molar-refractivity contribution in [1.29, 1.82) is 0 Å². The van der Waals surface area contributed by atoms with E-state index in [0.717, 1.165) is 12.8 Å². The van der Waals surface area contributed by atoms with E-state index in [9.17, 15) is 4.79 Å². The molecular weight excluding hydrogens is 148 g/mol. The molecule has 0 fully saturated rings. The third-order valence-corrected chi connectivity index (χ3v) is 1.75. The van der Waals surface area contributed by atoms with E-state index in [1.807, 2.05) is 0 Å². The summed E-state index contributed by atoms with van der Waals surface area (Å²) in [5, 5.41) is -0.378. The first-order valence-electron chi connectivity index (χ1n) is 3.83. The van der Waals surface area contributed by atoms with Gasteiger partial charge in [0.25, 0.3) is 0 Å². The Kier molecular flexibility index (Phi) is 7.04. The minimum atomic E-state index is -0.378. The average Bonchev–Trinajstić information content (AvgIpc) is 1.98. The third kappa shape index (κ3) is 6.09. The molecule has 0 aromatic heterocycles. The van der Waals surface area contributed by atoms with Gasteiger partial charge in [0, 0.05) is 0 Å². The fraction of sp³-hybridized carbons (Fsp3) is 0.875. The van der Waals surface area contributed by atoms with Crippen molar-refractivity contribution in [2.75, 3.05) is 0 Å². The standard InChI is InChI=1S/C8H14ClO/c1-2-3-4-5-6-8(9)7-10/h8H,2-6H2,1H3. The maximum atomic E-state index is 9.91. The first-order valence-corrected chi connectivity index (χ1v) is 4.26. The molecule has 1 unspecified atom stereocenters. The van der Waals surface area contributed by atoms with Crippen molar-refractivity contribution in [2.24, 2.45) is 0 Å². The van der Waals surface area contributed by atoms with E-state index in [1.54, 1.807) is 6.29 Å². The molecule has 0 aliphatic heterocycles. The van der Waals surface area contributed by atoms with Crippen LogP contribution in [0.15, 0.2) is 0 Å². The van der Waals surface area contributed by atoms with Crippen molar-refractivity contribution < 1.29 is 4.79 Å². The highest BCUT2D eigenvalue weighted by atomic mass is 35.5. The van der Waals surface area contributed by atoms with Crippen molar-refractivity contribution in [2.45, 2.75) is 44.4 Å². The molecule has 10 heavy (non-hydrogen) atoms. The summed E-state index contributed by atoms with van der Waals surface area (Å²) in [6.45, 7) is 2.16. The summed E-state index contributed by atoms with van der Waals surface area (Å²) in [5.41, 5.74) is 0. The molecule has 0 aliphatic rings. The van der Waals surface area contributed by atoms with E-state index >= 15 is 0 Å². The van der Waals surface area contributed by atoms with E-state index in [-0.39, 0.29) is 5.38 Å². The van der Waals surface area contributed by atoms with Crippen LogP contribution in [0.3, 0.4) is 0 Å². The molecule has 0 aliphatic carbocycles. The van der Waals surface area contributed by atoms with Crippen molar-refractivity contribution >= 4 is 17.9 Å². The molecule has 0 spiro atoms. The second-order valence-electron chi connectivity index (χ2n) is 2.43. The van der Waals surface area contributed by atoms with Gasteiger partial charge in [-0.05, 0) is 6.42 Å². The fourth-order valence-corrected chi connectivity index (χ4v) is 0.964. The Morgan fingerprint density at radius 1 is 1.40 bits per heavy atom. The molecule has 1 nitrogen and oxygen atoms in total. The number of carbonyl (C=O) groups excluding carboxylic acids is 1. The maximum Gasteiger partial charge on any atom is 0.217 e. The van der Waals surface area contributed by atoms with Crippen LogP contribution >= 0.6 is 11.6 Å². The molecule has 0 saturated carbocycles. The second-order valence-corrected chi connectivity index (χ2v) is 2.96. The van der Waals surface area contributed by atoms with Gasteiger partial charge >= 0.3 is 0 Å². The molecular formula is C8H14ClO. The summed E-state index contributed by atoms with van der Waals surface area (Å²) in [6, 6.07) is 0. The molecule has 0 bridgehead atoms. The molecule has 0 rings (SSSR count). The summed E-state index contributed by atoms with van der Waals surface area (Å²) in [5.74, 6) is 0. The zero-order chi connectivity index (χ0) is 7.82. The Morgan fingerprint density at radius 2 is 2.10 bits per heavy atom. The fourth-order valence-electron chi connectivity index (χ4n) is 0.809. The van der Waals surface area contributed by atoms with Gasteiger partial charge in [0.15, 0.2) is 0 Å². The molecule has 59 valence electrons. The zero-order valence-electron chi connectivity index (χ0n) is 6.40. The van der Waals surface area contributed by atoms with Crippen molar-refractivity contribution in [1.82, 2.24) is 0 Å². The molecule has 0 amide bonds. The van der Waals surface area contributed by atoms with Crippen LogP contribution in [-0.4, -0.2) is 11.7 Å². The lowest BCUT2D eigenvalue weighted by atomic mass is 10.1. The van der Waals surface area contributed by atoms with Crippen LogP contribution in [0.2, 0.25) is 0 Å². The van der Waals surface area contributed by atoms with Gasteiger partial charge in [-0.25, -0.2) is 0 Å². The van der Waals surface area contributed by atoms with Crippen LogP contribution in [0.25, 0.3) is 0 Å². The Balaban J connectivity index is 2.95. The van der Waals surface area contributed by atoms with Crippen LogP contribution in [0.5, 0.6) is 0 Å². The van der Waals surface area contributed by atoms with Gasteiger partial charge in [-0.3, -0.25) is 4.79 Å². The van der Waals surface area contributed by atoms with Crippen LogP contribution in [0.4, 0.5) is 0 Å². The highest BCUT2D eigenvalue weighted by Crippen LogP contribution is 2.07. The SMILES string of the molecule is CCCCCCC(Cl)[C]=O. The Morgan fingerprint density at radius 3 is 2.60 bits per heavy atom. The first kappa shape index (κ1) is 9.96. The molecule has 0 N–H and O–H groups in total. The third-order valence-electron chi connectivity index (χ3n) is 1.44. The minimum absolute atomic E-state index is 0.378. The predicted molar refractivity (Wildman–Crippen MR) is 44.1 cm³/mol. The van der Waals surface area contributed by atoms with Gasteiger partial charge in [-0.1, -0.05) is 32.6 Å². The predicted octanol–water partition coefficient (Wildman–Crippen LogP) is 2.67. The summed E-state index contributed by atoms with van der Waals surface area (Å²) in [4.78, 5) is 9.91. The van der Waals surface area contributed by atoms with Crippen LogP contribution in [-0.2, 0) is 4.79 Å². The van der Waals surface area contributed by atoms with Gasteiger partial charge in [0.2, 0.25) is 6.29 Å². The quantitative estimate of drug-likeness (QED) is 0.433. The molecule has 1 radical (unpaired) electrons. The molecule has 0 aromatic rings. The lowest BCUT2D eigenvalue weighted by Gasteiger charge is -1.98. The minimum Gasteiger partial charge on any atom is -0.289 e. The van der Waals surface area contributed by atoms with E-state index in [4.69, 9.17) is 11.6 Å². The Hall–Kier alpha value is -0.0400. The van der Waals surface area contributed by atoms with Crippen molar-refractivity contribution in [3.63, 3.8) is 0 Å². The van der Waals surface area contributed by atoms with Gasteiger partial charge in [-0.2, -0.15) is 0 Å². The monoisotopic (exact) mass is 161 g/mol. The summed E-state index contributed by atoms with van der Waals surface area (Å²) in [7, 11) is 0. The molecule has 0 heterocycles. The number of hydrogen-bond donors (Lipinski definition) is 0. The smallest absolute Gasteiger partial charge is 0.217 e. The van der Waals surface area contributed by atoms with E-state index in [0.29, 0.717) is 0 Å². The van der Waals surface area contributed by atoms with Crippen LogP contribution in [0, 0.1) is 0 Å². The highest BCUT2D eigenvalue weighted by molar-refractivity contribution is 6.27. The number of unbranched alkanes of at least 4 members (excludes halogenated alkanes) is 3. The number of hydrogen-bond acceptors (Lipinski definition) is 1. The lowest BCUT2D eigenvalue weighted by Crippen LogP contribution is -1.98. The summed E-state index contributed by atoms with van der Waals surface area (Å²) in [6.07, 6.45) is 7.23. The number of halogens is 1. The molecule has 2 heteroatoms. The first-order chi connectivity index (χ1) is 4.81. The summed E-state index contributed by atoms with van der Waals surface area (Å²) < 4.78 is 0. The molecule has 0 aromatic carbocycles. The number of rotatable bonds is 6. The highest BCUT2D eigenvalue weighted by Gasteiger charge is 2.01. The Labute approximate surface area is 67.8 Å². The lowest BCUT2D eigenvalue weighted by molar-refractivity contribution is 0.544. The maximum absolute atomic E-state index is 9.91. The molecule has 0 saturated heterocycles. The van der Waals surface area contributed by atoms with Crippen LogP contribution in [0.1, 0.15) is 39.0 Å². The second kappa shape index (κ2) is 7.07. The molecule has 1 atom stereocenters. The topological polar surface area (TPSA) is 17.1 Å². The summed E-state index contributed by atoms with van der Waals surface area (Å²) >= 11 is 5.52. The van der Waals surface area contributed by atoms with Gasteiger partial charge in [0.05, 0.1) is 5.38 Å². The normalized spacial score (nSPS) is 13.0. The zero-order valence-corrected chi connectivity index (χ0v) is 7.16. The average molecular weight is 162 g/mol. The van der Waals surface area contributed by atoms with Crippen molar-refractivity contribution in [3.8, 4) is 0 Å². The van der Waals surface area contributed by atoms with Crippen molar-refractivity contribution in [3.05, 3.63) is 0 Å². The largest absolute Gasteiger partial charge is 0.289 e. The van der Waals surface area contributed by atoms with Gasteiger partial charge in [-0.15, -0.1) is 11.6 Å². The van der Waals surface area contributed by atoms with E-state index in [1.165, 1.54) is 19.3 Å². The van der Waals surface area contributed by atoms with Gasteiger partial charge < -0.3 is 0 Å². The Bertz CT molecular complexity index is 83.3. The van der Waals surface area contributed by atoms with E-state index in [2.05, 4.69) is 6.92 Å². The van der Waals surface area contributed by atoms with E-state index < -0.39 is 0 Å². The number of alkyl halides is 1. The van der Waals surface area contributed by atoms with Gasteiger partial charge in [0.1, 0.15) is 0 Å².